The lowest BCUT2D eigenvalue weighted by Gasteiger charge is -2.03. The molecular weight excluding hydrogens is 282 g/mol. The minimum atomic E-state index is -0.160. The van der Waals surface area contributed by atoms with Gasteiger partial charge in [0.15, 0.2) is 11.5 Å². The number of rotatable bonds is 5. The van der Waals surface area contributed by atoms with E-state index in [0.717, 1.165) is 0 Å². The van der Waals surface area contributed by atoms with Gasteiger partial charge in [-0.2, -0.15) is 0 Å². The van der Waals surface area contributed by atoms with Gasteiger partial charge >= 0.3 is 0 Å². The summed E-state index contributed by atoms with van der Waals surface area (Å²) < 4.78 is 7.22. The number of aromatic nitrogens is 3. The van der Waals surface area contributed by atoms with Gasteiger partial charge in [0.1, 0.15) is 5.75 Å². The van der Waals surface area contributed by atoms with Gasteiger partial charge in [-0.25, -0.2) is 9.50 Å². The molecule has 1 aromatic carbocycles. The van der Waals surface area contributed by atoms with Crippen LogP contribution in [0, 0.1) is 0 Å². The van der Waals surface area contributed by atoms with Crippen molar-refractivity contribution in [1.82, 2.24) is 19.9 Å². The van der Waals surface area contributed by atoms with Crippen molar-refractivity contribution in [3.63, 3.8) is 0 Å². The maximum atomic E-state index is 11.5. The van der Waals surface area contributed by atoms with Gasteiger partial charge in [0.25, 0.3) is 0 Å². The number of benzene rings is 1. The van der Waals surface area contributed by atoms with Crippen LogP contribution in [0.1, 0.15) is 0 Å². The van der Waals surface area contributed by atoms with Crippen LogP contribution in [0.2, 0.25) is 0 Å². The lowest BCUT2D eigenvalue weighted by atomic mass is 10.3. The normalized spacial score (nSPS) is 10.6. The average Bonchev–Trinajstić information content (AvgIpc) is 2.90. The van der Waals surface area contributed by atoms with Gasteiger partial charge in [0, 0.05) is 6.07 Å². The van der Waals surface area contributed by atoms with Gasteiger partial charge in [-0.05, 0) is 25.2 Å². The van der Waals surface area contributed by atoms with Crippen molar-refractivity contribution in [2.45, 2.75) is 0 Å². The lowest BCUT2D eigenvalue weighted by molar-refractivity contribution is -0.115. The van der Waals surface area contributed by atoms with Crippen LogP contribution in [0.3, 0.4) is 0 Å². The average molecular weight is 297 g/mol. The van der Waals surface area contributed by atoms with E-state index in [1.807, 2.05) is 30.3 Å². The van der Waals surface area contributed by atoms with E-state index in [9.17, 15) is 4.79 Å². The zero-order chi connectivity index (χ0) is 15.4. The first-order valence-corrected chi connectivity index (χ1v) is 6.78. The van der Waals surface area contributed by atoms with Crippen LogP contribution in [0.5, 0.6) is 11.6 Å². The first-order chi connectivity index (χ1) is 10.7. The maximum Gasteiger partial charge on any atom is 0.239 e. The zero-order valence-corrected chi connectivity index (χ0v) is 12.0. The quantitative estimate of drug-likeness (QED) is 0.749. The monoisotopic (exact) mass is 297 g/mol. The molecule has 3 rings (SSSR count). The Balaban J connectivity index is 1.79. The van der Waals surface area contributed by atoms with E-state index in [1.54, 1.807) is 29.9 Å². The molecule has 22 heavy (non-hydrogen) atoms. The molecule has 112 valence electrons. The molecule has 0 radical (unpaired) electrons. The van der Waals surface area contributed by atoms with Crippen LogP contribution in [-0.4, -0.2) is 34.1 Å². The number of imidazole rings is 1. The van der Waals surface area contributed by atoms with Crippen LogP contribution < -0.4 is 15.4 Å². The van der Waals surface area contributed by atoms with Crippen molar-refractivity contribution < 1.29 is 9.53 Å². The number of nitrogens with one attached hydrogen (secondary N) is 2. The van der Waals surface area contributed by atoms with E-state index in [2.05, 4.69) is 20.7 Å². The van der Waals surface area contributed by atoms with Crippen molar-refractivity contribution in [1.29, 1.82) is 0 Å². The van der Waals surface area contributed by atoms with E-state index in [1.165, 1.54) is 0 Å². The Hall–Kier alpha value is -2.93. The van der Waals surface area contributed by atoms with Crippen LogP contribution in [0.4, 0.5) is 5.82 Å². The number of fused-ring (bicyclic) bond motifs is 1. The van der Waals surface area contributed by atoms with Gasteiger partial charge in [0.05, 0.1) is 12.7 Å². The molecule has 0 aliphatic rings. The standard InChI is InChI=1S/C15H15N5O2/c1-16-9-14(21)18-12-10-20-13(17-12)7-8-15(19-20)22-11-5-3-2-4-6-11/h2-8,10,16H,9H2,1H3,(H,18,21). The van der Waals surface area contributed by atoms with Gasteiger partial charge in [-0.1, -0.05) is 18.2 Å². The summed E-state index contributed by atoms with van der Waals surface area (Å²) in [7, 11) is 1.71. The fourth-order valence-corrected chi connectivity index (χ4v) is 1.94. The molecule has 0 unspecified atom stereocenters. The van der Waals surface area contributed by atoms with Crippen LogP contribution in [0.25, 0.3) is 5.65 Å². The minimum Gasteiger partial charge on any atom is -0.438 e. The van der Waals surface area contributed by atoms with Crippen molar-refractivity contribution in [3.8, 4) is 11.6 Å². The highest BCUT2D eigenvalue weighted by Gasteiger charge is 2.07. The lowest BCUT2D eigenvalue weighted by Crippen LogP contribution is -2.25. The predicted octanol–water partition coefficient (Wildman–Crippen LogP) is 1.68. The number of para-hydroxylation sites is 1. The topological polar surface area (TPSA) is 80.6 Å². The Labute approximate surface area is 126 Å². The molecule has 2 heterocycles. The molecule has 0 bridgehead atoms. The Morgan fingerprint density at radius 2 is 2.05 bits per heavy atom. The summed E-state index contributed by atoms with van der Waals surface area (Å²) in [5.74, 6) is 1.44. The second kappa shape index (κ2) is 6.23. The summed E-state index contributed by atoms with van der Waals surface area (Å²) >= 11 is 0. The molecule has 0 aliphatic heterocycles. The number of ether oxygens (including phenoxy) is 1. The second-order valence-corrected chi connectivity index (χ2v) is 4.59. The van der Waals surface area contributed by atoms with Gasteiger partial charge < -0.3 is 15.4 Å². The smallest absolute Gasteiger partial charge is 0.239 e. The Morgan fingerprint density at radius 1 is 1.23 bits per heavy atom. The molecule has 7 nitrogen and oxygen atoms in total. The van der Waals surface area contributed by atoms with Crippen molar-refractivity contribution in [2.24, 2.45) is 0 Å². The first kappa shape index (κ1) is 14.0. The molecule has 2 N–H and O–H groups in total. The summed E-state index contributed by atoms with van der Waals surface area (Å²) in [6.45, 7) is 0.226. The van der Waals surface area contributed by atoms with Crippen molar-refractivity contribution in [3.05, 3.63) is 48.7 Å². The van der Waals surface area contributed by atoms with Gasteiger partial charge in [-0.3, -0.25) is 4.79 Å². The van der Waals surface area contributed by atoms with E-state index < -0.39 is 0 Å². The molecule has 2 aromatic heterocycles. The Kier molecular flexibility index (Phi) is 3.97. The zero-order valence-electron chi connectivity index (χ0n) is 12.0. The predicted molar refractivity (Wildman–Crippen MR) is 82.1 cm³/mol. The molecule has 0 aliphatic carbocycles. The fraction of sp³-hybridized carbons (Fsp3) is 0.133. The van der Waals surface area contributed by atoms with E-state index in [0.29, 0.717) is 23.1 Å². The Bertz CT molecular complexity index is 785. The van der Waals surface area contributed by atoms with Crippen LogP contribution >= 0.6 is 0 Å². The molecular formula is C15H15N5O2. The van der Waals surface area contributed by atoms with E-state index in [-0.39, 0.29) is 12.5 Å². The van der Waals surface area contributed by atoms with E-state index >= 15 is 0 Å². The fourth-order valence-electron chi connectivity index (χ4n) is 1.94. The molecule has 0 saturated carbocycles. The summed E-state index contributed by atoms with van der Waals surface area (Å²) in [6.07, 6.45) is 1.64. The number of hydrogen-bond acceptors (Lipinski definition) is 5. The first-order valence-electron chi connectivity index (χ1n) is 6.78. The molecule has 1 amide bonds. The number of amides is 1. The molecule has 7 heteroatoms. The SMILES string of the molecule is CNCC(=O)Nc1cn2nc(Oc3ccccc3)ccc2n1. The number of likely N-dealkylation sites (N-methyl/N-ethyl adjacent to an activating group) is 1. The molecule has 0 atom stereocenters. The number of carbonyl (C=O) groups excluding carboxylic acids is 1. The van der Waals surface area contributed by atoms with Crippen LogP contribution in [0.15, 0.2) is 48.7 Å². The summed E-state index contributed by atoms with van der Waals surface area (Å²) in [5, 5.41) is 9.77. The molecule has 0 spiro atoms. The molecule has 3 aromatic rings. The third-order valence-electron chi connectivity index (χ3n) is 2.87. The summed E-state index contributed by atoms with van der Waals surface area (Å²) in [5.41, 5.74) is 0.625. The minimum absolute atomic E-state index is 0.160. The van der Waals surface area contributed by atoms with Gasteiger partial charge in [0.2, 0.25) is 11.8 Å². The van der Waals surface area contributed by atoms with Gasteiger partial charge in [-0.15, -0.1) is 5.10 Å². The number of nitrogens with zero attached hydrogens (tertiary/aromatic N) is 3. The number of hydrogen-bond donors (Lipinski definition) is 2. The summed E-state index contributed by atoms with van der Waals surface area (Å²) in [6, 6.07) is 12.9. The third-order valence-corrected chi connectivity index (χ3v) is 2.87. The van der Waals surface area contributed by atoms with Crippen molar-refractivity contribution >= 4 is 17.4 Å². The second-order valence-electron chi connectivity index (χ2n) is 4.59. The highest BCUT2D eigenvalue weighted by Crippen LogP contribution is 2.19. The number of carbonyl (C=O) groups is 1. The highest BCUT2D eigenvalue weighted by atomic mass is 16.5. The third kappa shape index (κ3) is 3.21. The maximum absolute atomic E-state index is 11.5. The number of anilines is 1. The largest absolute Gasteiger partial charge is 0.438 e. The Morgan fingerprint density at radius 3 is 2.82 bits per heavy atom. The van der Waals surface area contributed by atoms with E-state index in [4.69, 9.17) is 4.74 Å². The molecule has 0 fully saturated rings. The molecule has 0 saturated heterocycles. The van der Waals surface area contributed by atoms with Crippen molar-refractivity contribution in [2.75, 3.05) is 18.9 Å². The summed E-state index contributed by atoms with van der Waals surface area (Å²) in [4.78, 5) is 15.8. The van der Waals surface area contributed by atoms with Crippen LogP contribution in [-0.2, 0) is 4.79 Å². The highest BCUT2D eigenvalue weighted by molar-refractivity contribution is 5.91.